The summed E-state index contributed by atoms with van der Waals surface area (Å²) in [5, 5.41) is 5.92. The monoisotopic (exact) mass is 442 g/mol. The van der Waals surface area contributed by atoms with Crippen molar-refractivity contribution in [3.63, 3.8) is 0 Å². The topological polar surface area (TPSA) is 49.8 Å². The van der Waals surface area contributed by atoms with E-state index in [1.807, 2.05) is 36.4 Å². The van der Waals surface area contributed by atoms with Crippen LogP contribution < -0.4 is 10.6 Å². The second-order valence-electron chi connectivity index (χ2n) is 7.76. The minimum atomic E-state index is -4.57. The Labute approximate surface area is 187 Å². The van der Waals surface area contributed by atoms with Gasteiger partial charge < -0.3 is 10.6 Å². The Hall–Kier alpha value is -3.09. The van der Waals surface area contributed by atoms with E-state index >= 15 is 0 Å². The summed E-state index contributed by atoms with van der Waals surface area (Å²) in [7, 11) is 0. The van der Waals surface area contributed by atoms with Crippen molar-refractivity contribution in [3.8, 4) is 0 Å². The molecular formula is C25H29F3N4. The second kappa shape index (κ2) is 11.0. The molecule has 7 heteroatoms. The second-order valence-corrected chi connectivity index (χ2v) is 7.76. The van der Waals surface area contributed by atoms with E-state index in [2.05, 4.69) is 34.4 Å². The molecule has 3 aromatic rings. The highest BCUT2D eigenvalue weighted by Gasteiger charge is 2.35. The summed E-state index contributed by atoms with van der Waals surface area (Å²) in [5.74, 6) is -0.161. The van der Waals surface area contributed by atoms with E-state index in [0.717, 1.165) is 56.0 Å². The van der Waals surface area contributed by atoms with Gasteiger partial charge in [-0.2, -0.15) is 18.2 Å². The molecule has 4 nitrogen and oxygen atoms in total. The summed E-state index contributed by atoms with van der Waals surface area (Å²) in [6.45, 7) is 4.22. The summed E-state index contributed by atoms with van der Waals surface area (Å²) in [6.07, 6.45) is 2.22. The van der Waals surface area contributed by atoms with Gasteiger partial charge in [-0.05, 0) is 55.0 Å². The Morgan fingerprint density at radius 2 is 1.53 bits per heavy atom. The first-order valence-corrected chi connectivity index (χ1v) is 11.1. The molecule has 1 heterocycles. The lowest BCUT2D eigenvalue weighted by atomic mass is 10.1. The van der Waals surface area contributed by atoms with Crippen LogP contribution in [0.3, 0.4) is 0 Å². The highest BCUT2D eigenvalue weighted by molar-refractivity contribution is 5.65. The molecule has 0 unspecified atom stereocenters. The van der Waals surface area contributed by atoms with Crippen LogP contribution >= 0.6 is 0 Å². The van der Waals surface area contributed by atoms with Crippen LogP contribution in [-0.4, -0.2) is 9.97 Å². The lowest BCUT2D eigenvalue weighted by molar-refractivity contribution is -0.137. The van der Waals surface area contributed by atoms with Crippen LogP contribution in [0.25, 0.3) is 0 Å². The largest absolute Gasteiger partial charge is 0.421 e. The van der Waals surface area contributed by atoms with E-state index in [1.165, 1.54) is 5.56 Å². The quantitative estimate of drug-likeness (QED) is 0.338. The average molecular weight is 443 g/mol. The van der Waals surface area contributed by atoms with Crippen LogP contribution in [0.15, 0.2) is 54.7 Å². The van der Waals surface area contributed by atoms with Crippen molar-refractivity contribution in [3.05, 3.63) is 71.4 Å². The molecule has 0 aliphatic carbocycles. The zero-order valence-electron chi connectivity index (χ0n) is 18.5. The molecule has 32 heavy (non-hydrogen) atoms. The van der Waals surface area contributed by atoms with Crippen LogP contribution in [0.1, 0.15) is 56.2 Å². The molecule has 0 spiro atoms. The molecule has 1 aromatic heterocycles. The van der Waals surface area contributed by atoms with E-state index in [-0.39, 0.29) is 11.8 Å². The number of benzene rings is 2. The van der Waals surface area contributed by atoms with E-state index in [1.54, 1.807) is 12.1 Å². The number of aromatic nitrogens is 2. The number of alkyl halides is 3. The van der Waals surface area contributed by atoms with Gasteiger partial charge >= 0.3 is 6.18 Å². The molecule has 0 fully saturated rings. The number of hydrogen-bond donors (Lipinski definition) is 2. The number of unbranched alkanes of at least 4 members (excludes halogenated alkanes) is 2. The number of aryl methyl sites for hydroxylation is 2. The molecule has 0 saturated carbocycles. The first-order valence-electron chi connectivity index (χ1n) is 11.1. The molecule has 0 aliphatic rings. The number of nitrogens with one attached hydrogen (secondary N) is 2. The zero-order chi connectivity index (χ0) is 23.0. The van der Waals surface area contributed by atoms with Crippen molar-refractivity contribution in [1.29, 1.82) is 0 Å². The lowest BCUT2D eigenvalue weighted by Crippen LogP contribution is -2.13. The van der Waals surface area contributed by atoms with Crippen molar-refractivity contribution in [2.45, 2.75) is 58.5 Å². The molecule has 0 saturated heterocycles. The fraction of sp³-hybridized carbons (Fsp3) is 0.360. The number of hydrogen-bond acceptors (Lipinski definition) is 4. The summed E-state index contributed by atoms with van der Waals surface area (Å²) < 4.78 is 40.9. The minimum absolute atomic E-state index is 0.104. The molecule has 0 atom stereocenters. The number of anilines is 4. The molecule has 0 amide bonds. The predicted molar refractivity (Wildman–Crippen MR) is 124 cm³/mol. The SMILES string of the molecule is CCCCc1ccc(Nc2ncc(C(F)(F)F)c(Nc3ccccc3CCCC)n2)cc1. The number of nitrogens with zero attached hydrogens (tertiary/aromatic N) is 2. The van der Waals surface area contributed by atoms with Gasteiger partial charge in [0.25, 0.3) is 0 Å². The summed E-state index contributed by atoms with van der Waals surface area (Å²) in [4.78, 5) is 8.07. The molecule has 0 radical (unpaired) electrons. The Morgan fingerprint density at radius 3 is 2.22 bits per heavy atom. The van der Waals surface area contributed by atoms with Crippen LogP contribution in [0.2, 0.25) is 0 Å². The van der Waals surface area contributed by atoms with Crippen molar-refractivity contribution in [2.24, 2.45) is 0 Å². The zero-order valence-corrected chi connectivity index (χ0v) is 18.5. The maximum Gasteiger partial charge on any atom is 0.421 e. The van der Waals surface area contributed by atoms with Gasteiger partial charge in [0.05, 0.1) is 0 Å². The number of para-hydroxylation sites is 1. The van der Waals surface area contributed by atoms with E-state index in [0.29, 0.717) is 5.69 Å². The van der Waals surface area contributed by atoms with Crippen LogP contribution in [0, 0.1) is 0 Å². The van der Waals surface area contributed by atoms with E-state index in [4.69, 9.17) is 0 Å². The van der Waals surface area contributed by atoms with E-state index in [9.17, 15) is 13.2 Å². The van der Waals surface area contributed by atoms with Gasteiger partial charge in [-0.1, -0.05) is 57.0 Å². The van der Waals surface area contributed by atoms with E-state index < -0.39 is 11.7 Å². The third kappa shape index (κ3) is 6.45. The number of rotatable bonds is 10. The molecule has 170 valence electrons. The molecule has 2 aromatic carbocycles. The number of halogens is 3. The van der Waals surface area contributed by atoms with Gasteiger partial charge in [0, 0.05) is 17.6 Å². The third-order valence-corrected chi connectivity index (χ3v) is 5.19. The highest BCUT2D eigenvalue weighted by atomic mass is 19.4. The van der Waals surface area contributed by atoms with Crippen LogP contribution in [0.4, 0.5) is 36.3 Å². The van der Waals surface area contributed by atoms with Gasteiger partial charge in [0.1, 0.15) is 11.4 Å². The van der Waals surface area contributed by atoms with Gasteiger partial charge in [-0.15, -0.1) is 0 Å². The molecule has 0 aliphatic heterocycles. The minimum Gasteiger partial charge on any atom is -0.339 e. The van der Waals surface area contributed by atoms with Crippen LogP contribution in [-0.2, 0) is 19.0 Å². The molecular weight excluding hydrogens is 413 g/mol. The summed E-state index contributed by atoms with van der Waals surface area (Å²) in [5.41, 5.74) is 2.62. The fourth-order valence-corrected chi connectivity index (χ4v) is 3.36. The summed E-state index contributed by atoms with van der Waals surface area (Å²) in [6, 6.07) is 15.2. The van der Waals surface area contributed by atoms with Gasteiger partial charge in [-0.25, -0.2) is 4.98 Å². The maximum atomic E-state index is 13.6. The average Bonchev–Trinajstić information content (AvgIpc) is 2.77. The molecule has 3 rings (SSSR count). The highest BCUT2D eigenvalue weighted by Crippen LogP contribution is 2.36. The molecule has 0 bridgehead atoms. The van der Waals surface area contributed by atoms with Gasteiger partial charge in [0.15, 0.2) is 0 Å². The van der Waals surface area contributed by atoms with Crippen molar-refractivity contribution >= 4 is 23.1 Å². The fourth-order valence-electron chi connectivity index (χ4n) is 3.36. The normalized spacial score (nSPS) is 11.4. The smallest absolute Gasteiger partial charge is 0.339 e. The first kappa shape index (κ1) is 23.6. The molecule has 2 N–H and O–H groups in total. The maximum absolute atomic E-state index is 13.6. The van der Waals surface area contributed by atoms with Crippen LogP contribution in [0.5, 0.6) is 0 Å². The van der Waals surface area contributed by atoms with Crippen molar-refractivity contribution in [1.82, 2.24) is 9.97 Å². The standard InChI is InChI=1S/C25H29F3N4/c1-3-5-9-18-13-15-20(16-14-18)30-24-29-17-21(25(26,27)28)23(32-24)31-22-12-8-7-11-19(22)10-6-4-2/h7-8,11-17H,3-6,9-10H2,1-2H3,(H2,29,30,31,32). The Bertz CT molecular complexity index is 1000. The Kier molecular flexibility index (Phi) is 8.09. The lowest BCUT2D eigenvalue weighted by Gasteiger charge is -2.17. The third-order valence-electron chi connectivity index (χ3n) is 5.19. The van der Waals surface area contributed by atoms with Crippen molar-refractivity contribution in [2.75, 3.05) is 10.6 Å². The first-order chi connectivity index (χ1) is 15.4. The van der Waals surface area contributed by atoms with Gasteiger partial charge in [0.2, 0.25) is 5.95 Å². The van der Waals surface area contributed by atoms with Crippen molar-refractivity contribution < 1.29 is 13.2 Å². The predicted octanol–water partition coefficient (Wildman–Crippen LogP) is 7.67. The Morgan fingerprint density at radius 1 is 0.844 bits per heavy atom. The Balaban J connectivity index is 1.86. The summed E-state index contributed by atoms with van der Waals surface area (Å²) >= 11 is 0. The van der Waals surface area contributed by atoms with Gasteiger partial charge in [-0.3, -0.25) is 0 Å².